The van der Waals surface area contributed by atoms with Crippen molar-refractivity contribution in [2.45, 2.75) is 0 Å². The van der Waals surface area contributed by atoms with E-state index in [9.17, 15) is 9.59 Å². The minimum absolute atomic E-state index is 0.353. The van der Waals surface area contributed by atoms with Crippen molar-refractivity contribution in [2.75, 3.05) is 7.11 Å². The fourth-order valence-corrected chi connectivity index (χ4v) is 4.16. The lowest BCUT2D eigenvalue weighted by Gasteiger charge is -2.08. The molecule has 1 aliphatic rings. The van der Waals surface area contributed by atoms with E-state index in [0.29, 0.717) is 9.91 Å². The molecular formula is C18H12N2O3S2. The SMILES string of the molecule is COc1ccc(-c2csc(/C=C3\SC(=O)NC3=O)n2)c2ccccc12. The Kier molecular flexibility index (Phi) is 4.03. The third-order valence-electron chi connectivity index (χ3n) is 3.80. The van der Waals surface area contributed by atoms with Gasteiger partial charge in [-0.15, -0.1) is 11.3 Å². The summed E-state index contributed by atoms with van der Waals surface area (Å²) < 4.78 is 5.43. The van der Waals surface area contributed by atoms with Crippen molar-refractivity contribution in [1.29, 1.82) is 0 Å². The summed E-state index contributed by atoms with van der Waals surface area (Å²) in [6.45, 7) is 0. The number of thiazole rings is 1. The molecule has 124 valence electrons. The summed E-state index contributed by atoms with van der Waals surface area (Å²) in [6, 6.07) is 11.9. The van der Waals surface area contributed by atoms with Gasteiger partial charge in [0.15, 0.2) is 0 Å². The summed E-state index contributed by atoms with van der Waals surface area (Å²) >= 11 is 2.32. The molecule has 0 saturated carbocycles. The molecule has 0 atom stereocenters. The molecule has 0 bridgehead atoms. The van der Waals surface area contributed by atoms with E-state index in [-0.39, 0.29) is 11.1 Å². The van der Waals surface area contributed by atoms with Gasteiger partial charge in [-0.3, -0.25) is 14.9 Å². The topological polar surface area (TPSA) is 68.3 Å². The van der Waals surface area contributed by atoms with Gasteiger partial charge in [0.2, 0.25) is 0 Å². The Morgan fingerprint density at radius 3 is 2.64 bits per heavy atom. The second-order valence-corrected chi connectivity index (χ2v) is 7.19. The van der Waals surface area contributed by atoms with Gasteiger partial charge in [-0.25, -0.2) is 4.98 Å². The normalized spacial score (nSPS) is 15.8. The lowest BCUT2D eigenvalue weighted by atomic mass is 10.0. The van der Waals surface area contributed by atoms with Gasteiger partial charge in [-0.1, -0.05) is 24.3 Å². The Morgan fingerprint density at radius 2 is 1.92 bits per heavy atom. The number of aromatic nitrogens is 1. The van der Waals surface area contributed by atoms with Gasteiger partial charge in [0, 0.05) is 16.3 Å². The number of benzene rings is 2. The van der Waals surface area contributed by atoms with E-state index in [0.717, 1.165) is 39.5 Å². The number of hydrogen-bond donors (Lipinski definition) is 1. The number of nitrogens with zero attached hydrogens (tertiary/aromatic N) is 1. The average molecular weight is 368 g/mol. The number of fused-ring (bicyclic) bond motifs is 1. The Hall–Kier alpha value is -2.64. The van der Waals surface area contributed by atoms with Gasteiger partial charge in [0.1, 0.15) is 10.8 Å². The molecule has 1 fully saturated rings. The van der Waals surface area contributed by atoms with E-state index in [1.54, 1.807) is 13.2 Å². The van der Waals surface area contributed by atoms with E-state index in [1.807, 2.05) is 41.8 Å². The zero-order chi connectivity index (χ0) is 17.4. The van der Waals surface area contributed by atoms with Crippen LogP contribution in [-0.2, 0) is 4.79 Å². The highest BCUT2D eigenvalue weighted by Gasteiger charge is 2.25. The molecule has 1 saturated heterocycles. The van der Waals surface area contributed by atoms with Gasteiger partial charge in [0.05, 0.1) is 17.7 Å². The zero-order valence-electron chi connectivity index (χ0n) is 13.1. The van der Waals surface area contributed by atoms with E-state index in [2.05, 4.69) is 10.3 Å². The molecule has 4 rings (SSSR count). The van der Waals surface area contributed by atoms with Crippen LogP contribution in [0.1, 0.15) is 5.01 Å². The molecule has 0 spiro atoms. The van der Waals surface area contributed by atoms with Crippen molar-refractivity contribution in [3.63, 3.8) is 0 Å². The average Bonchev–Trinajstić information content (AvgIpc) is 3.20. The molecule has 0 aliphatic carbocycles. The minimum atomic E-state index is -0.373. The number of ether oxygens (including phenoxy) is 1. The number of thioether (sulfide) groups is 1. The molecule has 1 aromatic heterocycles. The van der Waals surface area contributed by atoms with E-state index in [1.165, 1.54) is 11.3 Å². The van der Waals surface area contributed by atoms with Crippen LogP contribution in [0, 0.1) is 0 Å². The van der Waals surface area contributed by atoms with Crippen molar-refractivity contribution in [2.24, 2.45) is 0 Å². The molecule has 5 nitrogen and oxygen atoms in total. The van der Waals surface area contributed by atoms with Gasteiger partial charge >= 0.3 is 0 Å². The van der Waals surface area contributed by atoms with Crippen LogP contribution in [0.25, 0.3) is 28.1 Å². The Morgan fingerprint density at radius 1 is 1.12 bits per heavy atom. The summed E-state index contributed by atoms with van der Waals surface area (Å²) in [5, 5.41) is 6.59. The third-order valence-corrected chi connectivity index (χ3v) is 5.40. The van der Waals surface area contributed by atoms with Crippen molar-refractivity contribution < 1.29 is 14.3 Å². The first-order chi connectivity index (χ1) is 12.2. The van der Waals surface area contributed by atoms with Crippen LogP contribution < -0.4 is 10.1 Å². The highest BCUT2D eigenvalue weighted by atomic mass is 32.2. The molecule has 2 amide bonds. The molecule has 2 aromatic carbocycles. The first-order valence-corrected chi connectivity index (χ1v) is 9.12. The van der Waals surface area contributed by atoms with E-state index < -0.39 is 0 Å². The van der Waals surface area contributed by atoms with Crippen molar-refractivity contribution in [1.82, 2.24) is 10.3 Å². The van der Waals surface area contributed by atoms with Crippen LogP contribution >= 0.6 is 23.1 Å². The molecule has 3 aromatic rings. The van der Waals surface area contributed by atoms with Crippen LogP contribution in [-0.4, -0.2) is 23.2 Å². The van der Waals surface area contributed by atoms with Crippen molar-refractivity contribution in [3.05, 3.63) is 51.7 Å². The highest BCUT2D eigenvalue weighted by Crippen LogP contribution is 2.35. The van der Waals surface area contributed by atoms with Gasteiger partial charge in [-0.05, 0) is 35.4 Å². The largest absolute Gasteiger partial charge is 0.496 e. The standard InChI is InChI=1S/C18H12N2O3S2/c1-23-14-7-6-11(10-4-2-3-5-12(10)14)13-9-24-16(19-13)8-15-17(21)20-18(22)25-15/h2-9H,1H3,(H,20,21,22)/b15-8-. The lowest BCUT2D eigenvalue weighted by Crippen LogP contribution is -2.17. The summed E-state index contributed by atoms with van der Waals surface area (Å²) in [7, 11) is 1.65. The Balaban J connectivity index is 1.76. The highest BCUT2D eigenvalue weighted by molar-refractivity contribution is 8.18. The van der Waals surface area contributed by atoms with Crippen LogP contribution in [0.15, 0.2) is 46.7 Å². The number of nitrogens with one attached hydrogen (secondary N) is 1. The predicted molar refractivity (Wildman–Crippen MR) is 101 cm³/mol. The summed E-state index contributed by atoms with van der Waals surface area (Å²) in [5.41, 5.74) is 1.82. The maximum atomic E-state index is 11.7. The number of amides is 2. The third kappa shape index (κ3) is 2.92. The van der Waals surface area contributed by atoms with Crippen LogP contribution in [0.4, 0.5) is 4.79 Å². The van der Waals surface area contributed by atoms with Gasteiger partial charge < -0.3 is 4.74 Å². The summed E-state index contributed by atoms with van der Waals surface area (Å²) in [4.78, 5) is 27.9. The molecule has 0 unspecified atom stereocenters. The zero-order valence-corrected chi connectivity index (χ0v) is 14.7. The predicted octanol–water partition coefficient (Wildman–Crippen LogP) is 4.30. The molecule has 25 heavy (non-hydrogen) atoms. The number of imide groups is 1. The quantitative estimate of drug-likeness (QED) is 0.698. The Labute approximate surface area is 151 Å². The maximum absolute atomic E-state index is 11.7. The molecule has 1 aliphatic heterocycles. The molecule has 1 N–H and O–H groups in total. The maximum Gasteiger partial charge on any atom is 0.290 e. The second-order valence-electron chi connectivity index (χ2n) is 5.28. The Bertz CT molecular complexity index is 1040. The number of carbonyl (C=O) groups excluding carboxylic acids is 2. The first-order valence-electron chi connectivity index (χ1n) is 7.42. The van der Waals surface area contributed by atoms with Gasteiger partial charge in [-0.2, -0.15) is 0 Å². The molecule has 7 heteroatoms. The van der Waals surface area contributed by atoms with E-state index >= 15 is 0 Å². The smallest absolute Gasteiger partial charge is 0.290 e. The van der Waals surface area contributed by atoms with Crippen molar-refractivity contribution in [3.8, 4) is 17.0 Å². The summed E-state index contributed by atoms with van der Waals surface area (Å²) in [6.07, 6.45) is 1.64. The molecular weight excluding hydrogens is 356 g/mol. The minimum Gasteiger partial charge on any atom is -0.496 e. The molecule has 0 radical (unpaired) electrons. The van der Waals surface area contributed by atoms with Crippen LogP contribution in [0.5, 0.6) is 5.75 Å². The lowest BCUT2D eigenvalue weighted by molar-refractivity contribution is -0.115. The molecule has 2 heterocycles. The van der Waals surface area contributed by atoms with Crippen molar-refractivity contribution >= 4 is 51.1 Å². The van der Waals surface area contributed by atoms with Crippen LogP contribution in [0.2, 0.25) is 0 Å². The fourth-order valence-electron chi connectivity index (χ4n) is 2.68. The van der Waals surface area contributed by atoms with Crippen LogP contribution in [0.3, 0.4) is 0 Å². The number of hydrogen-bond acceptors (Lipinski definition) is 6. The number of methoxy groups -OCH3 is 1. The van der Waals surface area contributed by atoms with E-state index in [4.69, 9.17) is 4.74 Å². The summed E-state index contributed by atoms with van der Waals surface area (Å²) in [5.74, 6) is 0.441. The van der Waals surface area contributed by atoms with Gasteiger partial charge in [0.25, 0.3) is 11.1 Å². The number of rotatable bonds is 3. The first kappa shape index (κ1) is 15.9. The number of carbonyl (C=O) groups is 2. The monoisotopic (exact) mass is 368 g/mol. The second kappa shape index (κ2) is 6.34. The fraction of sp³-hybridized carbons (Fsp3) is 0.0556.